The van der Waals surface area contributed by atoms with Gasteiger partial charge in [-0.25, -0.2) is 28.5 Å². The third kappa shape index (κ3) is 5.56. The SMILES string of the molecule is NC(=O)c1csc(COc2cccc(-c3cc(F)c(Cc4nc5ccc(C(=O)O)cc5n4C[C@@H]4CCO4)cc3F)n2)n1. The van der Waals surface area contributed by atoms with Gasteiger partial charge in [-0.05, 0) is 48.4 Å². The molecule has 1 aliphatic heterocycles. The van der Waals surface area contributed by atoms with E-state index in [0.717, 1.165) is 18.6 Å². The van der Waals surface area contributed by atoms with E-state index in [1.807, 2.05) is 4.57 Å². The van der Waals surface area contributed by atoms with Crippen molar-refractivity contribution in [3.05, 3.63) is 93.2 Å². The molecule has 0 aliphatic carbocycles. The maximum absolute atomic E-state index is 15.4. The van der Waals surface area contributed by atoms with Crippen molar-refractivity contribution in [1.29, 1.82) is 0 Å². The minimum Gasteiger partial charge on any atom is -0.478 e. The first-order valence-corrected chi connectivity index (χ1v) is 13.8. The van der Waals surface area contributed by atoms with Crippen molar-refractivity contribution in [3.8, 4) is 17.1 Å². The number of nitrogens with two attached hydrogens (primary N) is 1. The molecule has 0 bridgehead atoms. The Hall–Kier alpha value is -4.75. The smallest absolute Gasteiger partial charge is 0.335 e. The molecule has 0 radical (unpaired) electrons. The van der Waals surface area contributed by atoms with Gasteiger partial charge in [-0.15, -0.1) is 11.3 Å². The molecule has 0 saturated carbocycles. The highest BCUT2D eigenvalue weighted by atomic mass is 32.1. The Morgan fingerprint density at radius 1 is 1.12 bits per heavy atom. The minimum atomic E-state index is -1.07. The monoisotopic (exact) mass is 591 g/mol. The summed E-state index contributed by atoms with van der Waals surface area (Å²) in [6.07, 6.45) is 0.744. The molecule has 1 amide bonds. The summed E-state index contributed by atoms with van der Waals surface area (Å²) in [5.74, 6) is -2.41. The van der Waals surface area contributed by atoms with Gasteiger partial charge in [0.1, 0.15) is 34.8 Å². The van der Waals surface area contributed by atoms with E-state index < -0.39 is 23.5 Å². The number of carbonyl (C=O) groups excluding carboxylic acids is 1. The molecule has 1 aliphatic rings. The van der Waals surface area contributed by atoms with Crippen LogP contribution in [-0.2, 0) is 24.3 Å². The number of aromatic nitrogens is 4. The van der Waals surface area contributed by atoms with Gasteiger partial charge in [-0.1, -0.05) is 6.07 Å². The van der Waals surface area contributed by atoms with E-state index in [1.165, 1.54) is 34.9 Å². The molecule has 1 saturated heterocycles. The lowest BCUT2D eigenvalue weighted by Gasteiger charge is -2.27. The molecule has 42 heavy (non-hydrogen) atoms. The fourth-order valence-electron chi connectivity index (χ4n) is 4.64. The van der Waals surface area contributed by atoms with E-state index in [1.54, 1.807) is 18.2 Å². The van der Waals surface area contributed by atoms with Crippen molar-refractivity contribution in [1.82, 2.24) is 19.5 Å². The topological polar surface area (TPSA) is 142 Å². The predicted octanol–water partition coefficient (Wildman–Crippen LogP) is 4.59. The number of hydrogen-bond donors (Lipinski definition) is 2. The molecule has 5 aromatic rings. The number of nitrogens with zero attached hydrogens (tertiary/aromatic N) is 4. The van der Waals surface area contributed by atoms with Crippen molar-refractivity contribution in [2.24, 2.45) is 5.73 Å². The molecule has 2 aromatic carbocycles. The number of fused-ring (bicyclic) bond motifs is 1. The molecule has 1 atom stereocenters. The zero-order valence-electron chi connectivity index (χ0n) is 21.9. The summed E-state index contributed by atoms with van der Waals surface area (Å²) in [5, 5.41) is 11.5. The number of thiazole rings is 1. The van der Waals surface area contributed by atoms with E-state index >= 15 is 8.78 Å². The maximum Gasteiger partial charge on any atom is 0.335 e. The molecule has 3 aromatic heterocycles. The third-order valence-corrected chi connectivity index (χ3v) is 7.71. The first kappa shape index (κ1) is 27.4. The van der Waals surface area contributed by atoms with Crippen LogP contribution in [0.15, 0.2) is 53.9 Å². The average molecular weight is 592 g/mol. The Balaban J connectivity index is 1.26. The Bertz CT molecular complexity index is 1830. The van der Waals surface area contributed by atoms with Gasteiger partial charge in [0.15, 0.2) is 0 Å². The van der Waals surface area contributed by atoms with Gasteiger partial charge in [0.25, 0.3) is 5.91 Å². The highest BCUT2D eigenvalue weighted by molar-refractivity contribution is 7.09. The van der Waals surface area contributed by atoms with E-state index in [0.29, 0.717) is 35.0 Å². The number of rotatable bonds is 10. The number of amides is 1. The van der Waals surface area contributed by atoms with Gasteiger partial charge >= 0.3 is 5.97 Å². The van der Waals surface area contributed by atoms with Crippen LogP contribution in [0.4, 0.5) is 8.78 Å². The number of carboxylic acids is 1. The van der Waals surface area contributed by atoms with E-state index in [4.69, 9.17) is 15.2 Å². The van der Waals surface area contributed by atoms with Gasteiger partial charge in [0.05, 0.1) is 34.9 Å². The number of pyridine rings is 1. The van der Waals surface area contributed by atoms with Crippen LogP contribution in [0.1, 0.15) is 43.7 Å². The summed E-state index contributed by atoms with van der Waals surface area (Å²) in [6, 6.07) is 11.5. The molecule has 0 spiro atoms. The fraction of sp³-hybridized carbons (Fsp3) is 0.207. The second-order valence-corrected chi connectivity index (χ2v) is 10.6. The normalized spacial score (nSPS) is 14.6. The number of primary amides is 1. The lowest BCUT2D eigenvalue weighted by atomic mass is 10.0. The molecular formula is C29H23F2N5O5S. The number of benzene rings is 2. The Kier molecular flexibility index (Phi) is 7.35. The number of carbonyl (C=O) groups is 2. The van der Waals surface area contributed by atoms with E-state index in [9.17, 15) is 14.7 Å². The Labute approximate surface area is 241 Å². The van der Waals surface area contributed by atoms with Crippen LogP contribution in [0.3, 0.4) is 0 Å². The number of halogens is 2. The van der Waals surface area contributed by atoms with E-state index in [-0.39, 0.29) is 53.1 Å². The third-order valence-electron chi connectivity index (χ3n) is 6.89. The number of aromatic carboxylic acids is 1. The summed E-state index contributed by atoms with van der Waals surface area (Å²) < 4.78 is 43.8. The highest BCUT2D eigenvalue weighted by Crippen LogP contribution is 2.29. The number of hydrogen-bond acceptors (Lipinski definition) is 8. The fourth-order valence-corrected chi connectivity index (χ4v) is 5.33. The zero-order valence-corrected chi connectivity index (χ0v) is 22.7. The average Bonchev–Trinajstić information content (AvgIpc) is 3.56. The van der Waals surface area contributed by atoms with Crippen LogP contribution in [0.2, 0.25) is 0 Å². The molecule has 1 fully saturated rings. The van der Waals surface area contributed by atoms with Gasteiger partial charge in [-0.2, -0.15) is 0 Å². The summed E-state index contributed by atoms with van der Waals surface area (Å²) >= 11 is 1.20. The van der Waals surface area contributed by atoms with E-state index in [2.05, 4.69) is 15.0 Å². The number of imidazole rings is 1. The van der Waals surface area contributed by atoms with Crippen molar-refractivity contribution < 1.29 is 33.0 Å². The first-order valence-electron chi connectivity index (χ1n) is 12.9. The highest BCUT2D eigenvalue weighted by Gasteiger charge is 2.24. The quantitative estimate of drug-likeness (QED) is 0.240. The Morgan fingerprint density at radius 3 is 2.67 bits per heavy atom. The standard InChI is InChI=1S/C29H23F2N5O5S/c30-19-11-18(21-2-1-3-26(34-21)41-13-27-35-23(14-42-27)28(32)37)20(31)8-16(19)10-25-33-22-5-4-15(29(38)39)9-24(22)36(25)12-17-6-7-40-17/h1-5,8-9,11,14,17H,6-7,10,12-13H2,(H2,32,37)(H,38,39)/t17-/m0/s1. The zero-order chi connectivity index (χ0) is 29.4. The second kappa shape index (κ2) is 11.3. The lowest BCUT2D eigenvalue weighted by molar-refractivity contribution is -0.0589. The van der Waals surface area contributed by atoms with Gasteiger partial charge in [0.2, 0.25) is 5.88 Å². The molecule has 6 rings (SSSR count). The summed E-state index contributed by atoms with van der Waals surface area (Å²) in [6.45, 7) is 1.07. The van der Waals surface area contributed by atoms with Crippen LogP contribution in [0.5, 0.6) is 5.88 Å². The summed E-state index contributed by atoms with van der Waals surface area (Å²) in [7, 11) is 0. The van der Waals surface area contributed by atoms with Gasteiger partial charge in [0, 0.05) is 30.0 Å². The van der Waals surface area contributed by atoms with Crippen LogP contribution < -0.4 is 10.5 Å². The van der Waals surface area contributed by atoms with Gasteiger partial charge in [-0.3, -0.25) is 4.79 Å². The van der Waals surface area contributed by atoms with Crippen LogP contribution in [-0.4, -0.2) is 49.2 Å². The van der Waals surface area contributed by atoms with Crippen molar-refractivity contribution in [2.45, 2.75) is 32.1 Å². The molecule has 13 heteroatoms. The predicted molar refractivity (Wildman–Crippen MR) is 148 cm³/mol. The molecule has 0 unspecified atom stereocenters. The second-order valence-electron chi connectivity index (χ2n) is 9.67. The number of carboxylic acid groups (broad SMARTS) is 1. The molecular weight excluding hydrogens is 568 g/mol. The van der Waals surface area contributed by atoms with Crippen LogP contribution in [0.25, 0.3) is 22.3 Å². The van der Waals surface area contributed by atoms with Crippen LogP contribution in [0, 0.1) is 11.6 Å². The molecule has 3 N–H and O–H groups in total. The van der Waals surface area contributed by atoms with Gasteiger partial charge < -0.3 is 24.9 Å². The largest absolute Gasteiger partial charge is 0.478 e. The lowest BCUT2D eigenvalue weighted by Crippen LogP contribution is -2.31. The molecule has 10 nitrogen and oxygen atoms in total. The molecule has 214 valence electrons. The van der Waals surface area contributed by atoms with Crippen molar-refractivity contribution in [3.63, 3.8) is 0 Å². The Morgan fingerprint density at radius 2 is 1.95 bits per heavy atom. The molecule has 4 heterocycles. The number of ether oxygens (including phenoxy) is 2. The van der Waals surface area contributed by atoms with Crippen molar-refractivity contribution in [2.75, 3.05) is 6.61 Å². The first-order chi connectivity index (χ1) is 20.2. The van der Waals surface area contributed by atoms with Crippen LogP contribution >= 0.6 is 11.3 Å². The van der Waals surface area contributed by atoms with Crippen molar-refractivity contribution >= 4 is 34.2 Å². The summed E-state index contributed by atoms with van der Waals surface area (Å²) in [4.78, 5) is 35.8. The maximum atomic E-state index is 15.4. The minimum absolute atomic E-state index is 0.0189. The summed E-state index contributed by atoms with van der Waals surface area (Å²) in [5.41, 5.74) is 6.81.